The molecule has 0 radical (unpaired) electrons. The van der Waals surface area contributed by atoms with Gasteiger partial charge in [-0.05, 0) is 30.3 Å². The van der Waals surface area contributed by atoms with E-state index in [0.717, 1.165) is 30.0 Å². The Morgan fingerprint density at radius 1 is 1.00 bits per heavy atom. The predicted molar refractivity (Wildman–Crippen MR) is 117 cm³/mol. The molecule has 152 valence electrons. The Hall–Kier alpha value is -3.74. The Morgan fingerprint density at radius 2 is 1.80 bits per heavy atom. The predicted octanol–water partition coefficient (Wildman–Crippen LogP) is 2.75. The Balaban J connectivity index is 1.37. The molecule has 0 atom stereocenters. The molecule has 0 bridgehead atoms. The van der Waals surface area contributed by atoms with Crippen LogP contribution in [0.5, 0.6) is 5.75 Å². The number of methoxy groups -OCH3 is 1. The molecule has 30 heavy (non-hydrogen) atoms. The molecule has 2 aromatic heterocycles. The van der Waals surface area contributed by atoms with Gasteiger partial charge < -0.3 is 23.9 Å². The minimum Gasteiger partial charge on any atom is -0.497 e. The molecule has 0 unspecified atom stereocenters. The van der Waals surface area contributed by atoms with Crippen LogP contribution < -0.4 is 15.2 Å². The third kappa shape index (κ3) is 3.08. The number of aromatic amines is 1. The van der Waals surface area contributed by atoms with Crippen LogP contribution in [0.4, 0.5) is 5.69 Å². The van der Waals surface area contributed by atoms with Gasteiger partial charge in [0.25, 0.3) is 11.5 Å². The monoisotopic (exact) mass is 402 g/mol. The second-order valence-corrected chi connectivity index (χ2v) is 7.44. The highest BCUT2D eigenvalue weighted by atomic mass is 16.5. The summed E-state index contributed by atoms with van der Waals surface area (Å²) in [6, 6.07) is 17.1. The summed E-state index contributed by atoms with van der Waals surface area (Å²) in [6.07, 6.45) is 1.81. The summed E-state index contributed by atoms with van der Waals surface area (Å²) >= 11 is 0. The van der Waals surface area contributed by atoms with Gasteiger partial charge in [0.15, 0.2) is 0 Å². The number of para-hydroxylation sites is 1. The summed E-state index contributed by atoms with van der Waals surface area (Å²) < 4.78 is 7.18. The van der Waals surface area contributed by atoms with Gasteiger partial charge in [-0.3, -0.25) is 9.59 Å². The lowest BCUT2D eigenvalue weighted by atomic mass is 10.2. The lowest BCUT2D eigenvalue weighted by Gasteiger charge is -2.36. The number of benzene rings is 2. The zero-order chi connectivity index (χ0) is 20.7. The molecule has 7 heteroatoms. The highest BCUT2D eigenvalue weighted by molar-refractivity contribution is 5.96. The first-order valence-electron chi connectivity index (χ1n) is 9.95. The fourth-order valence-corrected chi connectivity index (χ4v) is 4.09. The van der Waals surface area contributed by atoms with E-state index in [1.165, 1.54) is 0 Å². The lowest BCUT2D eigenvalue weighted by Crippen LogP contribution is -2.48. The average Bonchev–Trinajstić information content (AvgIpc) is 3.23. The minimum atomic E-state index is -0.151. The summed E-state index contributed by atoms with van der Waals surface area (Å²) in [5, 5.41) is 0.603. The van der Waals surface area contributed by atoms with Crippen molar-refractivity contribution < 1.29 is 9.53 Å². The van der Waals surface area contributed by atoms with Crippen LogP contribution in [0, 0.1) is 0 Å². The van der Waals surface area contributed by atoms with Gasteiger partial charge >= 0.3 is 0 Å². The number of hydrogen-bond donors (Lipinski definition) is 1. The van der Waals surface area contributed by atoms with Gasteiger partial charge in [0.05, 0.1) is 23.6 Å². The Bertz CT molecular complexity index is 1300. The number of H-pyrrole nitrogens is 1. The number of rotatable bonds is 3. The van der Waals surface area contributed by atoms with Gasteiger partial charge in [0.1, 0.15) is 11.4 Å². The normalized spacial score (nSPS) is 14.4. The lowest BCUT2D eigenvalue weighted by molar-refractivity contribution is 0.0747. The second kappa shape index (κ2) is 7.26. The topological polar surface area (TPSA) is 70.0 Å². The van der Waals surface area contributed by atoms with Gasteiger partial charge in [0.2, 0.25) is 0 Å². The summed E-state index contributed by atoms with van der Waals surface area (Å²) in [5.74, 6) is 0.807. The van der Waals surface area contributed by atoms with Crippen LogP contribution in [-0.4, -0.2) is 53.5 Å². The smallest absolute Gasteiger partial charge is 0.258 e. The first kappa shape index (κ1) is 18.3. The van der Waals surface area contributed by atoms with E-state index in [0.29, 0.717) is 29.7 Å². The maximum absolute atomic E-state index is 13.1. The van der Waals surface area contributed by atoms with Gasteiger partial charge in [-0.25, -0.2) is 0 Å². The number of nitrogens with zero attached hydrogens (tertiary/aromatic N) is 3. The van der Waals surface area contributed by atoms with Crippen molar-refractivity contribution in [1.29, 1.82) is 0 Å². The molecule has 1 amide bonds. The Kier molecular flexibility index (Phi) is 4.43. The van der Waals surface area contributed by atoms with Crippen LogP contribution >= 0.6 is 0 Å². The van der Waals surface area contributed by atoms with Crippen LogP contribution in [-0.2, 0) is 0 Å². The number of amides is 1. The van der Waals surface area contributed by atoms with Crippen molar-refractivity contribution in [2.75, 3.05) is 38.2 Å². The number of ether oxygens (including phenoxy) is 1. The summed E-state index contributed by atoms with van der Waals surface area (Å²) in [4.78, 5) is 32.4. The van der Waals surface area contributed by atoms with Crippen molar-refractivity contribution in [3.8, 4) is 5.75 Å². The molecule has 4 aromatic rings. The molecule has 5 rings (SSSR count). The van der Waals surface area contributed by atoms with Gasteiger partial charge in [-0.15, -0.1) is 0 Å². The first-order valence-corrected chi connectivity index (χ1v) is 9.95. The van der Waals surface area contributed by atoms with Crippen LogP contribution in [0.3, 0.4) is 0 Å². The number of anilines is 1. The average molecular weight is 402 g/mol. The molecule has 0 aliphatic carbocycles. The van der Waals surface area contributed by atoms with E-state index in [-0.39, 0.29) is 11.5 Å². The van der Waals surface area contributed by atoms with Gasteiger partial charge in [-0.1, -0.05) is 18.2 Å². The van der Waals surface area contributed by atoms with Gasteiger partial charge in [0, 0.05) is 44.1 Å². The second-order valence-electron chi connectivity index (χ2n) is 7.44. The van der Waals surface area contributed by atoms with Crippen LogP contribution in [0.2, 0.25) is 0 Å². The van der Waals surface area contributed by atoms with E-state index in [2.05, 4.69) is 16.0 Å². The van der Waals surface area contributed by atoms with Crippen molar-refractivity contribution in [2.45, 2.75) is 0 Å². The van der Waals surface area contributed by atoms with Crippen molar-refractivity contribution in [1.82, 2.24) is 14.3 Å². The third-order valence-corrected chi connectivity index (χ3v) is 5.70. The molecular weight excluding hydrogens is 380 g/mol. The molecule has 7 nitrogen and oxygen atoms in total. The number of piperazine rings is 1. The van der Waals surface area contributed by atoms with Crippen LogP contribution in [0.25, 0.3) is 16.6 Å². The number of fused-ring (bicyclic) bond motifs is 3. The maximum Gasteiger partial charge on any atom is 0.258 e. The zero-order valence-electron chi connectivity index (χ0n) is 16.7. The first-order chi connectivity index (χ1) is 14.6. The summed E-state index contributed by atoms with van der Waals surface area (Å²) in [5.41, 5.74) is 2.94. The Morgan fingerprint density at radius 3 is 2.60 bits per heavy atom. The quantitative estimate of drug-likeness (QED) is 0.572. The highest BCUT2D eigenvalue weighted by Gasteiger charge is 2.24. The molecule has 1 aliphatic rings. The number of nitrogens with one attached hydrogen (secondary N) is 1. The molecule has 0 spiro atoms. The van der Waals surface area contributed by atoms with E-state index in [9.17, 15) is 9.59 Å². The van der Waals surface area contributed by atoms with Crippen molar-refractivity contribution in [3.05, 3.63) is 76.7 Å². The van der Waals surface area contributed by atoms with E-state index >= 15 is 0 Å². The molecule has 2 aromatic carbocycles. The summed E-state index contributed by atoms with van der Waals surface area (Å²) in [6.45, 7) is 2.79. The number of carbonyl (C=O) groups is 1. The maximum atomic E-state index is 13.1. The van der Waals surface area contributed by atoms with E-state index in [1.807, 2.05) is 51.9 Å². The SMILES string of the molecule is COc1cccc(N2CCN(C(=O)c3cc4[nH]c(=O)c5ccccc5n4c3)CC2)c1. The molecule has 1 saturated heterocycles. The van der Waals surface area contributed by atoms with Gasteiger partial charge in [-0.2, -0.15) is 0 Å². The molecule has 1 aliphatic heterocycles. The van der Waals surface area contributed by atoms with Crippen molar-refractivity contribution >= 4 is 28.1 Å². The molecular formula is C23H22N4O3. The molecule has 1 fully saturated rings. The summed E-state index contributed by atoms with van der Waals surface area (Å²) in [7, 11) is 1.66. The Labute approximate surface area is 173 Å². The van der Waals surface area contributed by atoms with Crippen LogP contribution in [0.1, 0.15) is 10.4 Å². The van der Waals surface area contributed by atoms with Crippen molar-refractivity contribution in [2.24, 2.45) is 0 Å². The largest absolute Gasteiger partial charge is 0.497 e. The van der Waals surface area contributed by atoms with Crippen molar-refractivity contribution in [3.63, 3.8) is 0 Å². The third-order valence-electron chi connectivity index (χ3n) is 5.70. The highest BCUT2D eigenvalue weighted by Crippen LogP contribution is 2.23. The van der Waals surface area contributed by atoms with E-state index in [1.54, 1.807) is 19.2 Å². The fourth-order valence-electron chi connectivity index (χ4n) is 4.09. The zero-order valence-corrected chi connectivity index (χ0v) is 16.7. The number of hydrogen-bond acceptors (Lipinski definition) is 4. The number of aromatic nitrogens is 2. The number of carbonyl (C=O) groups excluding carboxylic acids is 1. The molecule has 3 heterocycles. The van der Waals surface area contributed by atoms with E-state index < -0.39 is 0 Å². The standard InChI is InChI=1S/C23H22N4O3/c1-30-18-6-4-5-17(14-18)25-9-11-26(12-10-25)23(29)16-13-21-24-22(28)19-7-2-3-8-20(19)27(21)15-16/h2-8,13-15H,9-12H2,1H3,(H,24,28). The van der Waals surface area contributed by atoms with Crippen LogP contribution in [0.15, 0.2) is 65.6 Å². The van der Waals surface area contributed by atoms with E-state index in [4.69, 9.17) is 4.74 Å². The molecule has 0 saturated carbocycles. The minimum absolute atomic E-state index is 0.0195. The molecule has 1 N–H and O–H groups in total. The fraction of sp³-hybridized carbons (Fsp3) is 0.217.